The van der Waals surface area contributed by atoms with Crippen LogP contribution in [0.4, 0.5) is 5.69 Å². The maximum Gasteiger partial charge on any atom is 0.278 e. The number of nitro benzene ring substituents is 1. The van der Waals surface area contributed by atoms with E-state index in [9.17, 15) is 14.9 Å². The van der Waals surface area contributed by atoms with Gasteiger partial charge in [-0.05, 0) is 30.3 Å². The fraction of sp³-hybridized carbons (Fsp3) is 0.125. The number of nitro groups is 1. The van der Waals surface area contributed by atoms with Crippen LogP contribution in [-0.2, 0) is 9.53 Å². The Balaban J connectivity index is 2.00. The molecule has 1 aliphatic heterocycles. The summed E-state index contributed by atoms with van der Waals surface area (Å²) < 4.78 is 6.67. The van der Waals surface area contributed by atoms with Crippen molar-refractivity contribution in [1.82, 2.24) is 5.01 Å². The molecule has 1 aliphatic rings. The molecule has 0 spiro atoms. The lowest BCUT2D eigenvalue weighted by molar-refractivity contribution is -0.386. The van der Waals surface area contributed by atoms with Gasteiger partial charge in [0.2, 0.25) is 18.0 Å². The maximum absolute atomic E-state index is 11.9. The fourth-order valence-electron chi connectivity index (χ4n) is 2.34. The summed E-state index contributed by atoms with van der Waals surface area (Å²) in [7, 11) is 0. The van der Waals surface area contributed by atoms with Crippen LogP contribution in [0.25, 0.3) is 0 Å². The standard InChI is InChI=1S/C16H12BrN3O4/c1-10(21)19-16(13-4-2-3-5-14(13)20(22)23)24-15(18-19)11-6-8-12(17)9-7-11/h2-9,16H,1H3/t16-/m1/s1. The van der Waals surface area contributed by atoms with Crippen LogP contribution in [0.5, 0.6) is 0 Å². The molecule has 0 saturated heterocycles. The number of hydrogen-bond donors (Lipinski definition) is 0. The van der Waals surface area contributed by atoms with Gasteiger partial charge in [0.1, 0.15) is 0 Å². The van der Waals surface area contributed by atoms with Gasteiger partial charge in [-0.25, -0.2) is 0 Å². The minimum absolute atomic E-state index is 0.124. The first-order valence-electron chi connectivity index (χ1n) is 7.01. The van der Waals surface area contributed by atoms with Gasteiger partial charge >= 0.3 is 0 Å². The molecule has 3 rings (SSSR count). The minimum atomic E-state index is -0.970. The van der Waals surface area contributed by atoms with Crippen LogP contribution in [0.2, 0.25) is 0 Å². The van der Waals surface area contributed by atoms with Crippen molar-refractivity contribution < 1.29 is 14.5 Å². The predicted octanol–water partition coefficient (Wildman–Crippen LogP) is 3.60. The highest BCUT2D eigenvalue weighted by Crippen LogP contribution is 2.35. The number of benzene rings is 2. The first-order chi connectivity index (χ1) is 11.5. The Hall–Kier alpha value is -2.74. The van der Waals surface area contributed by atoms with E-state index in [0.29, 0.717) is 5.56 Å². The monoisotopic (exact) mass is 389 g/mol. The SMILES string of the molecule is CC(=O)N1N=C(c2ccc(Br)cc2)O[C@@H]1c1ccccc1[N+](=O)[O-]. The van der Waals surface area contributed by atoms with E-state index in [4.69, 9.17) is 4.74 Å². The second-order valence-electron chi connectivity index (χ2n) is 5.06. The van der Waals surface area contributed by atoms with E-state index in [1.807, 2.05) is 12.1 Å². The average Bonchev–Trinajstić information content (AvgIpc) is 3.01. The van der Waals surface area contributed by atoms with Crippen molar-refractivity contribution in [3.8, 4) is 0 Å². The number of para-hydroxylation sites is 1. The second kappa shape index (κ2) is 6.40. The van der Waals surface area contributed by atoms with Gasteiger partial charge in [0.05, 0.1) is 10.5 Å². The number of ether oxygens (including phenoxy) is 1. The molecule has 1 atom stereocenters. The Labute approximate surface area is 145 Å². The van der Waals surface area contributed by atoms with Crippen LogP contribution in [-0.4, -0.2) is 21.7 Å². The zero-order valence-electron chi connectivity index (χ0n) is 12.5. The fourth-order valence-corrected chi connectivity index (χ4v) is 2.61. The van der Waals surface area contributed by atoms with Gasteiger partial charge in [-0.2, -0.15) is 5.01 Å². The summed E-state index contributed by atoms with van der Waals surface area (Å²) in [6.45, 7) is 1.33. The Kier molecular flexibility index (Phi) is 4.30. The molecular formula is C16H12BrN3O4. The van der Waals surface area contributed by atoms with Crippen molar-refractivity contribution in [2.45, 2.75) is 13.2 Å². The molecule has 0 saturated carbocycles. The van der Waals surface area contributed by atoms with E-state index in [0.717, 1.165) is 9.48 Å². The third-order valence-electron chi connectivity index (χ3n) is 3.46. The number of amides is 1. The molecule has 7 nitrogen and oxygen atoms in total. The molecule has 1 amide bonds. The van der Waals surface area contributed by atoms with Crippen molar-refractivity contribution in [2.75, 3.05) is 0 Å². The highest BCUT2D eigenvalue weighted by Gasteiger charge is 2.36. The third-order valence-corrected chi connectivity index (χ3v) is 3.99. The number of hydrazone groups is 1. The summed E-state index contributed by atoms with van der Waals surface area (Å²) in [5, 5.41) is 16.5. The summed E-state index contributed by atoms with van der Waals surface area (Å²) in [6, 6.07) is 13.3. The molecule has 0 N–H and O–H groups in total. The van der Waals surface area contributed by atoms with Crippen molar-refractivity contribution >= 4 is 33.4 Å². The van der Waals surface area contributed by atoms with Crippen molar-refractivity contribution in [3.05, 3.63) is 74.2 Å². The van der Waals surface area contributed by atoms with E-state index in [-0.39, 0.29) is 23.1 Å². The van der Waals surface area contributed by atoms with Crippen molar-refractivity contribution in [3.63, 3.8) is 0 Å². The van der Waals surface area contributed by atoms with Gasteiger partial charge in [0.15, 0.2) is 0 Å². The number of carbonyl (C=O) groups excluding carboxylic acids is 1. The van der Waals surface area contributed by atoms with Gasteiger partial charge in [-0.1, -0.05) is 28.1 Å². The van der Waals surface area contributed by atoms with E-state index < -0.39 is 11.2 Å². The van der Waals surface area contributed by atoms with Crippen LogP contribution >= 0.6 is 15.9 Å². The van der Waals surface area contributed by atoms with Gasteiger partial charge in [-0.15, -0.1) is 5.10 Å². The Morgan fingerprint density at radius 3 is 2.54 bits per heavy atom. The minimum Gasteiger partial charge on any atom is -0.445 e. The number of nitrogens with zero attached hydrogens (tertiary/aromatic N) is 3. The number of hydrogen-bond acceptors (Lipinski definition) is 5. The number of rotatable bonds is 3. The van der Waals surface area contributed by atoms with Gasteiger partial charge in [0.25, 0.3) is 5.69 Å². The molecule has 0 bridgehead atoms. The lowest BCUT2D eigenvalue weighted by Crippen LogP contribution is -2.25. The molecule has 0 radical (unpaired) electrons. The Bertz CT molecular complexity index is 835. The molecule has 122 valence electrons. The largest absolute Gasteiger partial charge is 0.445 e. The molecular weight excluding hydrogens is 378 g/mol. The van der Waals surface area contributed by atoms with E-state index in [1.165, 1.54) is 13.0 Å². The molecule has 0 aromatic heterocycles. The Morgan fingerprint density at radius 1 is 1.25 bits per heavy atom. The lowest BCUT2D eigenvalue weighted by Gasteiger charge is -2.19. The van der Waals surface area contributed by atoms with Crippen LogP contribution in [0, 0.1) is 10.1 Å². The van der Waals surface area contributed by atoms with E-state index >= 15 is 0 Å². The summed E-state index contributed by atoms with van der Waals surface area (Å²) >= 11 is 3.34. The highest BCUT2D eigenvalue weighted by atomic mass is 79.9. The summed E-state index contributed by atoms with van der Waals surface area (Å²) in [4.78, 5) is 22.6. The molecule has 8 heteroatoms. The van der Waals surface area contributed by atoms with Crippen LogP contribution in [0.3, 0.4) is 0 Å². The molecule has 0 unspecified atom stereocenters. The predicted molar refractivity (Wildman–Crippen MR) is 90.1 cm³/mol. The van der Waals surface area contributed by atoms with Crippen molar-refractivity contribution in [1.29, 1.82) is 0 Å². The normalized spacial score (nSPS) is 16.5. The molecule has 0 fully saturated rings. The molecule has 24 heavy (non-hydrogen) atoms. The van der Waals surface area contributed by atoms with Crippen LogP contribution in [0.1, 0.15) is 24.3 Å². The highest BCUT2D eigenvalue weighted by molar-refractivity contribution is 9.10. The molecule has 2 aromatic rings. The maximum atomic E-state index is 11.9. The van der Waals surface area contributed by atoms with E-state index in [1.54, 1.807) is 30.3 Å². The average molecular weight is 390 g/mol. The third kappa shape index (κ3) is 3.00. The first-order valence-corrected chi connectivity index (χ1v) is 7.81. The lowest BCUT2D eigenvalue weighted by atomic mass is 10.1. The van der Waals surface area contributed by atoms with Gasteiger partial charge in [0, 0.05) is 23.0 Å². The summed E-state index contributed by atoms with van der Waals surface area (Å²) in [5.74, 6) is -0.133. The summed E-state index contributed by atoms with van der Waals surface area (Å²) in [6.07, 6.45) is -0.970. The first kappa shape index (κ1) is 16.1. The molecule has 0 aliphatic carbocycles. The quantitative estimate of drug-likeness (QED) is 0.592. The smallest absolute Gasteiger partial charge is 0.278 e. The van der Waals surface area contributed by atoms with Crippen LogP contribution in [0.15, 0.2) is 58.1 Å². The zero-order valence-corrected chi connectivity index (χ0v) is 14.1. The Morgan fingerprint density at radius 2 is 1.92 bits per heavy atom. The number of halogens is 1. The van der Waals surface area contributed by atoms with Crippen LogP contribution < -0.4 is 0 Å². The van der Waals surface area contributed by atoms with Gasteiger partial charge in [-0.3, -0.25) is 14.9 Å². The molecule has 2 aromatic carbocycles. The summed E-state index contributed by atoms with van der Waals surface area (Å²) in [5.41, 5.74) is 0.820. The van der Waals surface area contributed by atoms with Crippen molar-refractivity contribution in [2.24, 2.45) is 5.10 Å². The number of carbonyl (C=O) groups is 1. The zero-order chi connectivity index (χ0) is 17.3. The topological polar surface area (TPSA) is 85.0 Å². The molecule has 1 heterocycles. The van der Waals surface area contributed by atoms with Gasteiger partial charge < -0.3 is 4.74 Å². The van der Waals surface area contributed by atoms with E-state index in [2.05, 4.69) is 21.0 Å². The second-order valence-corrected chi connectivity index (χ2v) is 5.98.